The third-order valence-corrected chi connectivity index (χ3v) is 3.78. The van der Waals surface area contributed by atoms with Crippen molar-refractivity contribution in [2.24, 2.45) is 0 Å². The molecular weight excluding hydrogens is 285 g/mol. The van der Waals surface area contributed by atoms with E-state index in [4.69, 9.17) is 27.6 Å². The Hall–Kier alpha value is -1.10. The minimum atomic E-state index is 0.166. The fourth-order valence-corrected chi connectivity index (χ4v) is 2.64. The van der Waals surface area contributed by atoms with Gasteiger partial charge < -0.3 is 9.73 Å². The minimum absolute atomic E-state index is 0.166. The summed E-state index contributed by atoms with van der Waals surface area (Å²) < 4.78 is 5.88. The lowest BCUT2D eigenvalue weighted by molar-refractivity contribution is 0.390. The highest BCUT2D eigenvalue weighted by molar-refractivity contribution is 6.33. The summed E-state index contributed by atoms with van der Waals surface area (Å²) in [5, 5.41) is 3.95. The first-order chi connectivity index (χ1) is 9.24. The smallest absolute Gasteiger partial charge is 0.223 e. The molecule has 0 radical (unpaired) electrons. The van der Waals surface area contributed by atoms with Gasteiger partial charge in [-0.1, -0.05) is 11.6 Å². The van der Waals surface area contributed by atoms with E-state index in [0.717, 1.165) is 31.7 Å². The van der Waals surface area contributed by atoms with Gasteiger partial charge in [0.15, 0.2) is 5.76 Å². The largest absolute Gasteiger partial charge is 0.459 e. The summed E-state index contributed by atoms with van der Waals surface area (Å²) in [5.41, 5.74) is 0.543. The summed E-state index contributed by atoms with van der Waals surface area (Å²) >= 11 is 11.9. The van der Waals surface area contributed by atoms with Crippen molar-refractivity contribution in [2.45, 2.75) is 18.8 Å². The van der Waals surface area contributed by atoms with E-state index in [2.05, 4.69) is 15.3 Å². The Morgan fingerprint density at radius 2 is 2.00 bits per heavy atom. The van der Waals surface area contributed by atoms with Crippen LogP contribution in [0.4, 0.5) is 0 Å². The molecular formula is C13H13Cl2N3O. The Kier molecular flexibility index (Phi) is 3.73. The molecule has 0 bridgehead atoms. The van der Waals surface area contributed by atoms with Gasteiger partial charge in [0.05, 0.1) is 11.2 Å². The summed E-state index contributed by atoms with van der Waals surface area (Å²) in [6.07, 6.45) is 3.66. The summed E-state index contributed by atoms with van der Waals surface area (Å²) in [5.74, 6) is 2.09. The van der Waals surface area contributed by atoms with Crippen molar-refractivity contribution >= 4 is 23.2 Å². The minimum Gasteiger partial charge on any atom is -0.459 e. The van der Waals surface area contributed by atoms with E-state index in [1.165, 1.54) is 6.20 Å². The average molecular weight is 298 g/mol. The molecule has 1 N–H and O–H groups in total. The molecule has 19 heavy (non-hydrogen) atoms. The Balaban J connectivity index is 1.89. The lowest BCUT2D eigenvalue weighted by atomic mass is 9.96. The monoisotopic (exact) mass is 297 g/mol. The van der Waals surface area contributed by atoms with Crippen LogP contribution in [-0.4, -0.2) is 23.1 Å². The third kappa shape index (κ3) is 2.76. The van der Waals surface area contributed by atoms with Crippen LogP contribution in [0.25, 0.3) is 11.5 Å². The average Bonchev–Trinajstić information content (AvgIpc) is 2.92. The molecule has 3 rings (SSSR count). The first-order valence-electron chi connectivity index (χ1n) is 6.23. The maximum absolute atomic E-state index is 6.07. The number of furan rings is 1. The van der Waals surface area contributed by atoms with Crippen LogP contribution in [0.5, 0.6) is 0 Å². The molecule has 100 valence electrons. The first kappa shape index (κ1) is 12.9. The molecule has 2 aromatic heterocycles. The van der Waals surface area contributed by atoms with Crippen molar-refractivity contribution in [3.63, 3.8) is 0 Å². The highest BCUT2D eigenvalue weighted by atomic mass is 35.5. The molecule has 2 aromatic rings. The molecule has 1 saturated heterocycles. The molecule has 1 fully saturated rings. The first-order valence-corrected chi connectivity index (χ1v) is 6.98. The lowest BCUT2D eigenvalue weighted by Crippen LogP contribution is -2.26. The molecule has 4 nitrogen and oxygen atoms in total. The van der Waals surface area contributed by atoms with Crippen LogP contribution in [0.2, 0.25) is 10.3 Å². The van der Waals surface area contributed by atoms with Gasteiger partial charge in [-0.25, -0.2) is 9.97 Å². The molecule has 0 unspecified atom stereocenters. The zero-order chi connectivity index (χ0) is 13.2. The molecule has 0 amide bonds. The number of nitrogens with one attached hydrogen (secondary N) is 1. The van der Waals surface area contributed by atoms with Gasteiger partial charge in [0.2, 0.25) is 5.28 Å². The van der Waals surface area contributed by atoms with E-state index < -0.39 is 0 Å². The molecule has 6 heteroatoms. The summed E-state index contributed by atoms with van der Waals surface area (Å²) in [6.45, 7) is 2.06. The zero-order valence-corrected chi connectivity index (χ0v) is 11.7. The molecule has 3 heterocycles. The van der Waals surface area contributed by atoms with Crippen molar-refractivity contribution in [1.82, 2.24) is 15.3 Å². The van der Waals surface area contributed by atoms with Gasteiger partial charge in [0, 0.05) is 5.92 Å². The lowest BCUT2D eigenvalue weighted by Gasteiger charge is -2.20. The van der Waals surface area contributed by atoms with Crippen LogP contribution < -0.4 is 5.32 Å². The molecule has 1 aliphatic heterocycles. The topological polar surface area (TPSA) is 51.0 Å². The second-order valence-corrected chi connectivity index (χ2v) is 5.31. The number of halogens is 2. The predicted octanol–water partition coefficient (Wildman–Crippen LogP) is 3.51. The fourth-order valence-electron chi connectivity index (χ4n) is 2.32. The second-order valence-electron chi connectivity index (χ2n) is 4.56. The molecule has 0 atom stereocenters. The molecule has 0 aliphatic carbocycles. The predicted molar refractivity (Wildman–Crippen MR) is 74.6 cm³/mol. The van der Waals surface area contributed by atoms with Crippen molar-refractivity contribution in [3.8, 4) is 11.5 Å². The summed E-state index contributed by atoms with van der Waals surface area (Å²) in [4.78, 5) is 7.95. The van der Waals surface area contributed by atoms with E-state index >= 15 is 0 Å². The number of rotatable bonds is 2. The van der Waals surface area contributed by atoms with Gasteiger partial charge in [-0.3, -0.25) is 0 Å². The number of nitrogens with zero attached hydrogens (tertiary/aromatic N) is 2. The number of piperidine rings is 1. The van der Waals surface area contributed by atoms with Crippen molar-refractivity contribution < 1.29 is 4.42 Å². The molecule has 0 spiro atoms. The van der Waals surface area contributed by atoms with E-state index in [1.807, 2.05) is 12.1 Å². The molecule has 0 aromatic carbocycles. The van der Waals surface area contributed by atoms with Gasteiger partial charge in [-0.15, -0.1) is 0 Å². The van der Waals surface area contributed by atoms with Crippen LogP contribution in [0, 0.1) is 0 Å². The second kappa shape index (κ2) is 5.49. The number of aromatic nitrogens is 2. The van der Waals surface area contributed by atoms with Crippen molar-refractivity contribution in [1.29, 1.82) is 0 Å². The van der Waals surface area contributed by atoms with Gasteiger partial charge in [-0.05, 0) is 49.7 Å². The Bertz CT molecular complexity index is 579. The standard InChI is InChI=1S/C13H13Cl2N3O/c14-9-7-17-13(15)18-12(9)11-2-1-10(19-11)8-3-5-16-6-4-8/h1-2,7-8,16H,3-6H2. The van der Waals surface area contributed by atoms with Gasteiger partial charge >= 0.3 is 0 Å². The van der Waals surface area contributed by atoms with E-state index in [-0.39, 0.29) is 5.28 Å². The SMILES string of the molecule is Clc1ncc(Cl)c(-c2ccc(C3CCNCC3)o2)n1. The zero-order valence-electron chi connectivity index (χ0n) is 10.2. The maximum atomic E-state index is 6.07. The van der Waals surface area contributed by atoms with Gasteiger partial charge in [0.25, 0.3) is 0 Å². The van der Waals surface area contributed by atoms with Crippen LogP contribution in [0.3, 0.4) is 0 Å². The highest BCUT2D eigenvalue weighted by Gasteiger charge is 2.20. The van der Waals surface area contributed by atoms with Crippen molar-refractivity contribution in [2.75, 3.05) is 13.1 Å². The van der Waals surface area contributed by atoms with E-state index in [0.29, 0.717) is 22.4 Å². The van der Waals surface area contributed by atoms with E-state index in [9.17, 15) is 0 Å². The number of hydrogen-bond acceptors (Lipinski definition) is 4. The maximum Gasteiger partial charge on any atom is 0.223 e. The Morgan fingerprint density at radius 1 is 1.21 bits per heavy atom. The summed E-state index contributed by atoms with van der Waals surface area (Å²) in [6, 6.07) is 3.89. The molecule has 1 aliphatic rings. The Morgan fingerprint density at radius 3 is 2.79 bits per heavy atom. The quantitative estimate of drug-likeness (QED) is 0.862. The normalized spacial score (nSPS) is 16.7. The third-order valence-electron chi connectivity index (χ3n) is 3.32. The summed E-state index contributed by atoms with van der Waals surface area (Å²) in [7, 11) is 0. The number of hydrogen-bond donors (Lipinski definition) is 1. The van der Waals surface area contributed by atoms with Crippen LogP contribution in [-0.2, 0) is 0 Å². The van der Waals surface area contributed by atoms with Gasteiger partial charge in [-0.2, -0.15) is 0 Å². The Labute approximate surface area is 121 Å². The molecule has 0 saturated carbocycles. The van der Waals surface area contributed by atoms with Gasteiger partial charge in [0.1, 0.15) is 11.5 Å². The highest BCUT2D eigenvalue weighted by Crippen LogP contribution is 2.32. The van der Waals surface area contributed by atoms with E-state index in [1.54, 1.807) is 0 Å². The van der Waals surface area contributed by atoms with Crippen molar-refractivity contribution in [3.05, 3.63) is 34.4 Å². The van der Waals surface area contributed by atoms with Crippen LogP contribution in [0.15, 0.2) is 22.7 Å². The van der Waals surface area contributed by atoms with Crippen LogP contribution in [0.1, 0.15) is 24.5 Å². The van der Waals surface area contributed by atoms with Crippen LogP contribution >= 0.6 is 23.2 Å². The fraction of sp³-hybridized carbons (Fsp3) is 0.385.